The number of carbonyl (C=O) groups excluding carboxylic acids is 1. The van der Waals surface area contributed by atoms with E-state index in [0.717, 1.165) is 4.47 Å². The molecule has 2 rings (SSSR count). The van der Waals surface area contributed by atoms with Crippen molar-refractivity contribution in [2.45, 2.75) is 6.92 Å². The van der Waals surface area contributed by atoms with Crippen molar-refractivity contribution >= 4 is 33.2 Å². The summed E-state index contributed by atoms with van der Waals surface area (Å²) in [5, 5.41) is 2.74. The lowest BCUT2D eigenvalue weighted by molar-refractivity contribution is 0.102. The highest BCUT2D eigenvalue weighted by Crippen LogP contribution is 2.25. The number of nitrogens with one attached hydrogen (secondary N) is 1. The van der Waals surface area contributed by atoms with E-state index in [1.165, 1.54) is 18.2 Å². The molecular formula is C14H12BrFN2O. The molecule has 0 saturated heterocycles. The quantitative estimate of drug-likeness (QED) is 0.828. The molecule has 0 fully saturated rings. The fourth-order valence-electron chi connectivity index (χ4n) is 1.71. The van der Waals surface area contributed by atoms with Crippen LogP contribution in [-0.4, -0.2) is 5.91 Å². The number of hydrogen-bond acceptors (Lipinski definition) is 2. The van der Waals surface area contributed by atoms with Gasteiger partial charge < -0.3 is 11.1 Å². The molecule has 98 valence electrons. The molecule has 0 saturated carbocycles. The highest BCUT2D eigenvalue weighted by molar-refractivity contribution is 9.10. The molecular weight excluding hydrogens is 311 g/mol. The third-order valence-corrected chi connectivity index (χ3v) is 3.36. The van der Waals surface area contributed by atoms with Crippen molar-refractivity contribution in [3.05, 3.63) is 57.8 Å². The fraction of sp³-hybridized carbons (Fsp3) is 0.0714. The van der Waals surface area contributed by atoms with E-state index in [9.17, 15) is 9.18 Å². The van der Waals surface area contributed by atoms with E-state index in [1.807, 2.05) is 0 Å². The van der Waals surface area contributed by atoms with Crippen LogP contribution in [0.4, 0.5) is 15.8 Å². The van der Waals surface area contributed by atoms with E-state index in [4.69, 9.17) is 5.73 Å². The largest absolute Gasteiger partial charge is 0.399 e. The molecule has 1 amide bonds. The van der Waals surface area contributed by atoms with E-state index in [-0.39, 0.29) is 11.7 Å². The van der Waals surface area contributed by atoms with Crippen molar-refractivity contribution < 1.29 is 9.18 Å². The molecule has 3 N–H and O–H groups in total. The molecule has 0 spiro atoms. The second-order valence-electron chi connectivity index (χ2n) is 4.15. The Morgan fingerprint density at radius 1 is 1.26 bits per heavy atom. The zero-order chi connectivity index (χ0) is 14.0. The molecule has 0 aliphatic carbocycles. The number of carbonyl (C=O) groups is 1. The first-order chi connectivity index (χ1) is 8.97. The molecule has 0 heterocycles. The molecule has 0 aliphatic rings. The lowest BCUT2D eigenvalue weighted by atomic mass is 10.1. The van der Waals surface area contributed by atoms with Gasteiger partial charge in [-0.05, 0) is 64.8 Å². The SMILES string of the molecule is Cc1cc(F)ccc1C(=O)Nc1cc(N)ccc1Br. The van der Waals surface area contributed by atoms with Gasteiger partial charge in [0.15, 0.2) is 0 Å². The predicted octanol–water partition coefficient (Wildman–Crippen LogP) is 3.73. The Kier molecular flexibility index (Phi) is 3.85. The molecule has 19 heavy (non-hydrogen) atoms. The Labute approximate surface area is 118 Å². The Morgan fingerprint density at radius 2 is 2.00 bits per heavy atom. The minimum atomic E-state index is -0.362. The van der Waals surface area contributed by atoms with E-state index in [1.54, 1.807) is 25.1 Å². The first-order valence-corrected chi connectivity index (χ1v) is 6.39. The van der Waals surface area contributed by atoms with Crippen LogP contribution in [0.2, 0.25) is 0 Å². The monoisotopic (exact) mass is 322 g/mol. The average Bonchev–Trinajstić information content (AvgIpc) is 2.33. The fourth-order valence-corrected chi connectivity index (χ4v) is 2.06. The first-order valence-electron chi connectivity index (χ1n) is 5.60. The summed E-state index contributed by atoms with van der Waals surface area (Å²) in [6, 6.07) is 9.17. The van der Waals surface area contributed by atoms with Crippen LogP contribution in [0.15, 0.2) is 40.9 Å². The summed E-state index contributed by atoms with van der Waals surface area (Å²) in [5.74, 6) is -0.664. The smallest absolute Gasteiger partial charge is 0.255 e. The molecule has 0 atom stereocenters. The van der Waals surface area contributed by atoms with Crippen molar-refractivity contribution in [1.82, 2.24) is 0 Å². The van der Waals surface area contributed by atoms with Crippen LogP contribution in [0.3, 0.4) is 0 Å². The van der Waals surface area contributed by atoms with Crippen molar-refractivity contribution in [3.8, 4) is 0 Å². The standard InChI is InChI=1S/C14H12BrFN2O/c1-8-6-9(16)2-4-11(8)14(19)18-13-7-10(17)3-5-12(13)15/h2-7H,17H2,1H3,(H,18,19). The van der Waals surface area contributed by atoms with Crippen LogP contribution in [0.5, 0.6) is 0 Å². The molecule has 0 aromatic heterocycles. The lowest BCUT2D eigenvalue weighted by Gasteiger charge is -2.10. The lowest BCUT2D eigenvalue weighted by Crippen LogP contribution is -2.14. The van der Waals surface area contributed by atoms with Gasteiger partial charge >= 0.3 is 0 Å². The Bertz CT molecular complexity index is 643. The van der Waals surface area contributed by atoms with Gasteiger partial charge in [0.05, 0.1) is 5.69 Å². The number of aryl methyl sites for hydroxylation is 1. The summed E-state index contributed by atoms with van der Waals surface area (Å²) < 4.78 is 13.7. The van der Waals surface area contributed by atoms with Crippen molar-refractivity contribution in [2.75, 3.05) is 11.1 Å². The number of benzene rings is 2. The zero-order valence-corrected chi connectivity index (χ0v) is 11.8. The van der Waals surface area contributed by atoms with Crippen LogP contribution >= 0.6 is 15.9 Å². The Morgan fingerprint density at radius 3 is 2.68 bits per heavy atom. The summed E-state index contributed by atoms with van der Waals surface area (Å²) in [6.07, 6.45) is 0. The minimum Gasteiger partial charge on any atom is -0.399 e. The van der Waals surface area contributed by atoms with Gasteiger partial charge in [-0.1, -0.05) is 0 Å². The summed E-state index contributed by atoms with van der Waals surface area (Å²) in [7, 11) is 0. The Balaban J connectivity index is 2.28. The topological polar surface area (TPSA) is 55.1 Å². The van der Waals surface area contributed by atoms with Crippen molar-refractivity contribution in [1.29, 1.82) is 0 Å². The summed E-state index contributed by atoms with van der Waals surface area (Å²) in [5.41, 5.74) is 7.81. The maximum Gasteiger partial charge on any atom is 0.255 e. The zero-order valence-electron chi connectivity index (χ0n) is 10.2. The van der Waals surface area contributed by atoms with Crippen LogP contribution in [0, 0.1) is 12.7 Å². The van der Waals surface area contributed by atoms with Gasteiger partial charge in [0, 0.05) is 15.7 Å². The van der Waals surface area contributed by atoms with Gasteiger partial charge in [-0.2, -0.15) is 0 Å². The van der Waals surface area contributed by atoms with E-state index < -0.39 is 0 Å². The van der Waals surface area contributed by atoms with Crippen LogP contribution in [-0.2, 0) is 0 Å². The summed E-state index contributed by atoms with van der Waals surface area (Å²) in [6.45, 7) is 1.69. The van der Waals surface area contributed by atoms with Gasteiger partial charge in [-0.15, -0.1) is 0 Å². The highest BCUT2D eigenvalue weighted by atomic mass is 79.9. The molecule has 0 unspecified atom stereocenters. The summed E-state index contributed by atoms with van der Waals surface area (Å²) in [4.78, 5) is 12.1. The third-order valence-electron chi connectivity index (χ3n) is 2.67. The minimum absolute atomic E-state index is 0.302. The molecule has 5 heteroatoms. The average molecular weight is 323 g/mol. The maximum atomic E-state index is 13.0. The van der Waals surface area contributed by atoms with Crippen molar-refractivity contribution in [2.24, 2.45) is 0 Å². The van der Waals surface area contributed by atoms with E-state index in [2.05, 4.69) is 21.2 Å². The van der Waals surface area contributed by atoms with Gasteiger partial charge in [0.25, 0.3) is 5.91 Å². The molecule has 0 radical (unpaired) electrons. The summed E-state index contributed by atoms with van der Waals surface area (Å²) >= 11 is 3.33. The van der Waals surface area contributed by atoms with E-state index in [0.29, 0.717) is 22.5 Å². The number of nitrogens with two attached hydrogens (primary N) is 1. The van der Waals surface area contributed by atoms with Crippen LogP contribution in [0.25, 0.3) is 0 Å². The maximum absolute atomic E-state index is 13.0. The number of amides is 1. The molecule has 0 aliphatic heterocycles. The normalized spacial score (nSPS) is 10.3. The van der Waals surface area contributed by atoms with Crippen molar-refractivity contribution in [3.63, 3.8) is 0 Å². The number of hydrogen-bond donors (Lipinski definition) is 2. The van der Waals surface area contributed by atoms with Crippen LogP contribution < -0.4 is 11.1 Å². The van der Waals surface area contributed by atoms with Gasteiger partial charge in [0.1, 0.15) is 5.82 Å². The number of nitrogen functional groups attached to an aromatic ring is 1. The third kappa shape index (κ3) is 3.12. The second-order valence-corrected chi connectivity index (χ2v) is 5.01. The molecule has 2 aromatic rings. The number of halogens is 2. The van der Waals surface area contributed by atoms with Gasteiger partial charge in [-0.25, -0.2) is 4.39 Å². The molecule has 3 nitrogen and oxygen atoms in total. The first kappa shape index (κ1) is 13.5. The van der Waals surface area contributed by atoms with Crippen LogP contribution in [0.1, 0.15) is 15.9 Å². The van der Waals surface area contributed by atoms with Gasteiger partial charge in [-0.3, -0.25) is 4.79 Å². The molecule has 0 bridgehead atoms. The highest BCUT2D eigenvalue weighted by Gasteiger charge is 2.11. The molecule has 2 aromatic carbocycles. The number of anilines is 2. The Hall–Kier alpha value is -1.88. The second kappa shape index (κ2) is 5.40. The van der Waals surface area contributed by atoms with Gasteiger partial charge in [0.2, 0.25) is 0 Å². The predicted molar refractivity (Wildman–Crippen MR) is 77.6 cm³/mol. The number of rotatable bonds is 2. The van der Waals surface area contributed by atoms with E-state index >= 15 is 0 Å².